The number of carboxylic acids is 1. The van der Waals surface area contributed by atoms with E-state index in [-0.39, 0.29) is 6.42 Å². The van der Waals surface area contributed by atoms with Crippen LogP contribution < -0.4 is 5.32 Å². The van der Waals surface area contributed by atoms with E-state index in [9.17, 15) is 4.79 Å². The van der Waals surface area contributed by atoms with Crippen molar-refractivity contribution in [1.29, 1.82) is 0 Å². The van der Waals surface area contributed by atoms with Crippen molar-refractivity contribution in [2.45, 2.75) is 19.3 Å². The highest BCUT2D eigenvalue weighted by Gasteiger charge is 2.16. The van der Waals surface area contributed by atoms with Gasteiger partial charge in [0.1, 0.15) is 6.33 Å². The topological polar surface area (TPSA) is 75.1 Å². The normalized spacial score (nSPS) is 13.4. The first-order valence-electron chi connectivity index (χ1n) is 4.56. The first kappa shape index (κ1) is 8.93. The summed E-state index contributed by atoms with van der Waals surface area (Å²) < 4.78 is 0. The molecule has 14 heavy (non-hydrogen) atoms. The Hall–Kier alpha value is -1.65. The van der Waals surface area contributed by atoms with Crippen molar-refractivity contribution < 1.29 is 9.90 Å². The highest BCUT2D eigenvalue weighted by Crippen LogP contribution is 2.23. The van der Waals surface area contributed by atoms with Crippen molar-refractivity contribution in [1.82, 2.24) is 9.97 Å². The molecular weight excluding hydrogens is 182 g/mol. The molecule has 0 aromatic carbocycles. The Morgan fingerprint density at radius 3 is 3.21 bits per heavy atom. The number of fused-ring (bicyclic) bond motifs is 1. The minimum absolute atomic E-state index is 0.116. The van der Waals surface area contributed by atoms with Crippen LogP contribution in [0, 0.1) is 0 Å². The van der Waals surface area contributed by atoms with Gasteiger partial charge in [-0.05, 0) is 0 Å². The first-order valence-corrected chi connectivity index (χ1v) is 4.56. The lowest BCUT2D eigenvalue weighted by Gasteiger charge is -2.04. The Kier molecular flexibility index (Phi) is 2.30. The van der Waals surface area contributed by atoms with Crippen LogP contribution in [0.25, 0.3) is 0 Å². The monoisotopic (exact) mass is 193 g/mol. The lowest BCUT2D eigenvalue weighted by Crippen LogP contribution is -2.03. The second kappa shape index (κ2) is 3.61. The van der Waals surface area contributed by atoms with E-state index in [4.69, 9.17) is 5.11 Å². The van der Waals surface area contributed by atoms with Crippen molar-refractivity contribution in [2.75, 3.05) is 11.9 Å². The average Bonchev–Trinajstić information content (AvgIpc) is 2.62. The Morgan fingerprint density at radius 2 is 2.43 bits per heavy atom. The Bertz CT molecular complexity index is 365. The van der Waals surface area contributed by atoms with Gasteiger partial charge in [-0.15, -0.1) is 0 Å². The third kappa shape index (κ3) is 1.66. The lowest BCUT2D eigenvalue weighted by atomic mass is 10.2. The number of hydrogen-bond donors (Lipinski definition) is 2. The zero-order chi connectivity index (χ0) is 9.97. The summed E-state index contributed by atoms with van der Waals surface area (Å²) in [5, 5.41) is 11.7. The fourth-order valence-corrected chi connectivity index (χ4v) is 1.58. The van der Waals surface area contributed by atoms with Gasteiger partial charge in [0.2, 0.25) is 0 Å². The SMILES string of the molecule is O=C(O)CCc1ncnc2c1NCC2. The van der Waals surface area contributed by atoms with E-state index in [1.807, 2.05) is 0 Å². The number of aryl methyl sites for hydroxylation is 1. The number of rotatable bonds is 3. The molecule has 1 aliphatic heterocycles. The summed E-state index contributed by atoms with van der Waals surface area (Å²) in [4.78, 5) is 18.6. The molecule has 0 unspecified atom stereocenters. The number of carbonyl (C=O) groups is 1. The van der Waals surface area contributed by atoms with Crippen LogP contribution >= 0.6 is 0 Å². The molecule has 0 atom stereocenters. The smallest absolute Gasteiger partial charge is 0.303 e. The van der Waals surface area contributed by atoms with E-state index in [0.29, 0.717) is 6.42 Å². The van der Waals surface area contributed by atoms with Crippen LogP contribution in [-0.4, -0.2) is 27.6 Å². The fraction of sp³-hybridized carbons (Fsp3) is 0.444. The number of carboxylic acid groups (broad SMARTS) is 1. The summed E-state index contributed by atoms with van der Waals surface area (Å²) in [6, 6.07) is 0. The lowest BCUT2D eigenvalue weighted by molar-refractivity contribution is -0.136. The summed E-state index contributed by atoms with van der Waals surface area (Å²) in [7, 11) is 0. The molecule has 1 aromatic heterocycles. The molecule has 0 amide bonds. The Morgan fingerprint density at radius 1 is 1.57 bits per heavy atom. The van der Waals surface area contributed by atoms with Crippen molar-refractivity contribution in [3.8, 4) is 0 Å². The molecule has 0 radical (unpaired) electrons. The summed E-state index contributed by atoms with van der Waals surface area (Å²) in [5.41, 5.74) is 2.75. The van der Waals surface area contributed by atoms with E-state index in [1.165, 1.54) is 6.33 Å². The second-order valence-corrected chi connectivity index (χ2v) is 3.21. The molecule has 0 fully saturated rings. The second-order valence-electron chi connectivity index (χ2n) is 3.21. The maximum atomic E-state index is 10.4. The van der Waals surface area contributed by atoms with Crippen LogP contribution in [0.4, 0.5) is 5.69 Å². The summed E-state index contributed by atoms with van der Waals surface area (Å²) in [6.45, 7) is 0.869. The molecular formula is C9H11N3O2. The standard InChI is InChI=1S/C9H11N3O2/c13-8(14)2-1-6-9-7(3-4-10-9)12-5-11-6/h5,10H,1-4H2,(H,13,14). The van der Waals surface area contributed by atoms with Crippen molar-refractivity contribution in [3.05, 3.63) is 17.7 Å². The van der Waals surface area contributed by atoms with E-state index in [2.05, 4.69) is 15.3 Å². The van der Waals surface area contributed by atoms with Crippen LogP contribution in [0.1, 0.15) is 17.8 Å². The van der Waals surface area contributed by atoms with Crippen LogP contribution in [0.15, 0.2) is 6.33 Å². The van der Waals surface area contributed by atoms with Gasteiger partial charge in [-0.3, -0.25) is 4.79 Å². The molecule has 0 saturated heterocycles. The number of hydrogen-bond acceptors (Lipinski definition) is 4. The van der Waals surface area contributed by atoms with Crippen molar-refractivity contribution >= 4 is 11.7 Å². The number of aromatic nitrogens is 2. The zero-order valence-corrected chi connectivity index (χ0v) is 7.66. The minimum Gasteiger partial charge on any atom is -0.481 e. The molecule has 0 saturated carbocycles. The van der Waals surface area contributed by atoms with Gasteiger partial charge in [-0.2, -0.15) is 0 Å². The van der Waals surface area contributed by atoms with Gasteiger partial charge in [0.05, 0.1) is 23.5 Å². The van der Waals surface area contributed by atoms with Crippen LogP contribution in [-0.2, 0) is 17.6 Å². The summed E-state index contributed by atoms with van der Waals surface area (Å²) >= 11 is 0. The molecule has 5 nitrogen and oxygen atoms in total. The largest absolute Gasteiger partial charge is 0.481 e. The number of anilines is 1. The van der Waals surface area contributed by atoms with Gasteiger partial charge in [0, 0.05) is 19.4 Å². The van der Waals surface area contributed by atoms with Crippen LogP contribution in [0.5, 0.6) is 0 Å². The molecule has 1 aromatic rings. The molecule has 2 heterocycles. The molecule has 5 heteroatoms. The molecule has 2 N–H and O–H groups in total. The van der Waals surface area contributed by atoms with E-state index in [1.54, 1.807) is 0 Å². The average molecular weight is 193 g/mol. The van der Waals surface area contributed by atoms with Gasteiger partial charge < -0.3 is 10.4 Å². The highest BCUT2D eigenvalue weighted by molar-refractivity contribution is 5.67. The molecule has 2 rings (SSSR count). The third-order valence-electron chi connectivity index (χ3n) is 2.24. The number of aliphatic carboxylic acids is 1. The van der Waals surface area contributed by atoms with Gasteiger partial charge in [0.25, 0.3) is 0 Å². The number of nitrogens with zero attached hydrogens (tertiary/aromatic N) is 2. The molecule has 0 aliphatic carbocycles. The zero-order valence-electron chi connectivity index (χ0n) is 7.66. The number of nitrogens with one attached hydrogen (secondary N) is 1. The van der Waals surface area contributed by atoms with Gasteiger partial charge in [-0.1, -0.05) is 0 Å². The predicted molar refractivity (Wildman–Crippen MR) is 50.2 cm³/mol. The van der Waals surface area contributed by atoms with Crippen molar-refractivity contribution in [3.63, 3.8) is 0 Å². The Balaban J connectivity index is 2.17. The van der Waals surface area contributed by atoms with E-state index >= 15 is 0 Å². The molecule has 0 bridgehead atoms. The van der Waals surface area contributed by atoms with E-state index in [0.717, 1.165) is 30.0 Å². The minimum atomic E-state index is -0.796. The van der Waals surface area contributed by atoms with Crippen LogP contribution in [0.3, 0.4) is 0 Å². The highest BCUT2D eigenvalue weighted by atomic mass is 16.4. The molecule has 1 aliphatic rings. The maximum absolute atomic E-state index is 10.4. The van der Waals surface area contributed by atoms with E-state index < -0.39 is 5.97 Å². The van der Waals surface area contributed by atoms with Crippen molar-refractivity contribution in [2.24, 2.45) is 0 Å². The first-order chi connectivity index (χ1) is 6.77. The quantitative estimate of drug-likeness (QED) is 0.729. The summed E-state index contributed by atoms with van der Waals surface area (Å²) in [6.07, 6.45) is 2.99. The van der Waals surface area contributed by atoms with Gasteiger partial charge in [0.15, 0.2) is 0 Å². The third-order valence-corrected chi connectivity index (χ3v) is 2.24. The summed E-state index contributed by atoms with van der Waals surface area (Å²) in [5.74, 6) is -0.796. The van der Waals surface area contributed by atoms with Crippen LogP contribution in [0.2, 0.25) is 0 Å². The maximum Gasteiger partial charge on any atom is 0.303 e. The predicted octanol–water partition coefficient (Wildman–Crippen LogP) is 0.462. The molecule has 74 valence electrons. The molecule has 0 spiro atoms. The Labute approximate surface area is 81.2 Å². The van der Waals surface area contributed by atoms with Gasteiger partial charge in [-0.25, -0.2) is 9.97 Å². The van der Waals surface area contributed by atoms with Gasteiger partial charge >= 0.3 is 5.97 Å². The fourth-order valence-electron chi connectivity index (χ4n) is 1.58.